The third kappa shape index (κ3) is 7.20. The Labute approximate surface area is 247 Å². The van der Waals surface area contributed by atoms with Gasteiger partial charge in [-0.3, -0.25) is 9.59 Å². The van der Waals surface area contributed by atoms with Crippen LogP contribution < -0.4 is 20.1 Å². The zero-order chi connectivity index (χ0) is 29.5. The molecule has 11 nitrogen and oxygen atoms in total. The largest absolute Gasteiger partial charge is 0.497 e. The van der Waals surface area contributed by atoms with Crippen molar-refractivity contribution in [2.75, 3.05) is 26.1 Å². The lowest BCUT2D eigenvalue weighted by Crippen LogP contribution is -2.25. The average Bonchev–Trinajstić information content (AvgIpc) is 3.39. The number of fused-ring (bicyclic) bond motifs is 1. The van der Waals surface area contributed by atoms with Gasteiger partial charge in [0.1, 0.15) is 16.5 Å². The van der Waals surface area contributed by atoms with Gasteiger partial charge in [0.05, 0.1) is 38.2 Å². The Bertz CT molecular complexity index is 1400. The molecule has 0 fully saturated rings. The van der Waals surface area contributed by atoms with E-state index in [4.69, 9.17) is 14.2 Å². The number of anilines is 1. The number of thioether (sulfide) groups is 1. The molecule has 0 unspecified atom stereocenters. The molecule has 3 aromatic rings. The lowest BCUT2D eigenvalue weighted by atomic mass is 10.1. The number of ether oxygens (including phenoxy) is 3. The molecule has 0 bridgehead atoms. The van der Waals surface area contributed by atoms with Crippen molar-refractivity contribution in [2.45, 2.75) is 62.9 Å². The number of aryl methyl sites for hydroxylation is 1. The third-order valence-electron chi connectivity index (χ3n) is 6.73. The van der Waals surface area contributed by atoms with Crippen molar-refractivity contribution in [3.63, 3.8) is 0 Å². The fraction of sp³-hybridized carbons (Fsp3) is 0.464. The predicted molar refractivity (Wildman–Crippen MR) is 157 cm³/mol. The minimum absolute atomic E-state index is 0.132. The molecule has 1 aromatic carbocycles. The first-order valence-electron chi connectivity index (χ1n) is 13.4. The van der Waals surface area contributed by atoms with Gasteiger partial charge >= 0.3 is 5.97 Å². The van der Waals surface area contributed by atoms with Crippen molar-refractivity contribution in [1.29, 1.82) is 0 Å². The molecule has 2 heterocycles. The van der Waals surface area contributed by atoms with Crippen molar-refractivity contribution in [3.05, 3.63) is 45.6 Å². The number of esters is 1. The highest BCUT2D eigenvalue weighted by molar-refractivity contribution is 8.00. The predicted octanol–water partition coefficient (Wildman–Crippen LogP) is 4.39. The number of aromatic nitrogens is 3. The Balaban J connectivity index is 1.41. The monoisotopic (exact) mass is 601 g/mol. The van der Waals surface area contributed by atoms with Gasteiger partial charge < -0.3 is 29.4 Å². The maximum atomic E-state index is 13.2. The van der Waals surface area contributed by atoms with E-state index < -0.39 is 11.2 Å². The maximum Gasteiger partial charge on any atom is 0.341 e. The van der Waals surface area contributed by atoms with E-state index in [9.17, 15) is 14.4 Å². The molecule has 0 saturated carbocycles. The van der Waals surface area contributed by atoms with Crippen LogP contribution in [0.25, 0.3) is 0 Å². The van der Waals surface area contributed by atoms with E-state index in [2.05, 4.69) is 20.8 Å². The topological polar surface area (TPSA) is 134 Å². The van der Waals surface area contributed by atoms with Crippen LogP contribution in [0.1, 0.15) is 70.1 Å². The highest BCUT2D eigenvalue weighted by Crippen LogP contribution is 2.38. The number of thiophene rings is 1. The lowest BCUT2D eigenvalue weighted by Gasteiger charge is -2.13. The molecule has 0 radical (unpaired) electrons. The average molecular weight is 602 g/mol. The summed E-state index contributed by atoms with van der Waals surface area (Å²) >= 11 is 2.71. The fourth-order valence-corrected chi connectivity index (χ4v) is 6.59. The number of nitrogens with zero attached hydrogens (tertiary/aromatic N) is 3. The Morgan fingerprint density at radius 2 is 1.78 bits per heavy atom. The van der Waals surface area contributed by atoms with Gasteiger partial charge in [-0.15, -0.1) is 21.5 Å². The van der Waals surface area contributed by atoms with Crippen LogP contribution in [-0.4, -0.2) is 58.6 Å². The summed E-state index contributed by atoms with van der Waals surface area (Å²) in [7, 11) is 4.81. The minimum Gasteiger partial charge on any atom is -0.497 e. The Morgan fingerprint density at radius 1 is 1.07 bits per heavy atom. The number of nitrogens with one attached hydrogen (secondary N) is 2. The summed E-state index contributed by atoms with van der Waals surface area (Å²) in [5, 5.41) is 14.8. The molecule has 0 aliphatic heterocycles. The van der Waals surface area contributed by atoms with Crippen LogP contribution >= 0.6 is 23.1 Å². The fourth-order valence-electron chi connectivity index (χ4n) is 4.48. The zero-order valence-corrected chi connectivity index (χ0v) is 25.5. The Morgan fingerprint density at radius 3 is 2.46 bits per heavy atom. The summed E-state index contributed by atoms with van der Waals surface area (Å²) in [6, 6.07) is 4.93. The number of rotatable bonds is 11. The molecule has 1 aliphatic rings. The van der Waals surface area contributed by atoms with Gasteiger partial charge in [0.15, 0.2) is 11.0 Å². The molecular formula is C28H35N5O6S2. The number of carbonyl (C=O) groups is 3. The van der Waals surface area contributed by atoms with E-state index in [0.717, 1.165) is 42.5 Å². The molecule has 1 atom stereocenters. The van der Waals surface area contributed by atoms with Crippen molar-refractivity contribution < 1.29 is 28.6 Å². The second-order valence-electron chi connectivity index (χ2n) is 9.48. The van der Waals surface area contributed by atoms with E-state index in [1.54, 1.807) is 43.7 Å². The van der Waals surface area contributed by atoms with Crippen molar-refractivity contribution in [3.8, 4) is 11.5 Å². The molecule has 0 spiro atoms. The number of methoxy groups -OCH3 is 2. The summed E-state index contributed by atoms with van der Waals surface area (Å²) < 4.78 is 17.5. The van der Waals surface area contributed by atoms with Crippen molar-refractivity contribution >= 4 is 45.9 Å². The van der Waals surface area contributed by atoms with Gasteiger partial charge in [-0.05, 0) is 57.2 Å². The van der Waals surface area contributed by atoms with E-state index in [-0.39, 0.29) is 25.0 Å². The molecule has 1 aliphatic carbocycles. The smallest absolute Gasteiger partial charge is 0.341 e. The van der Waals surface area contributed by atoms with Crippen molar-refractivity contribution in [1.82, 2.24) is 20.1 Å². The second kappa shape index (κ2) is 13.9. The van der Waals surface area contributed by atoms with Gasteiger partial charge in [-0.25, -0.2) is 4.79 Å². The Hall–Kier alpha value is -3.58. The van der Waals surface area contributed by atoms with Crippen LogP contribution in [0.3, 0.4) is 0 Å². The highest BCUT2D eigenvalue weighted by Gasteiger charge is 2.28. The summed E-state index contributed by atoms with van der Waals surface area (Å²) in [4.78, 5) is 39.9. The molecule has 2 N–H and O–H groups in total. The quantitative estimate of drug-likeness (QED) is 0.186. The second-order valence-corrected chi connectivity index (χ2v) is 11.9. The van der Waals surface area contributed by atoms with Crippen LogP contribution in [0.2, 0.25) is 0 Å². The maximum absolute atomic E-state index is 13.2. The molecule has 0 saturated heterocycles. The van der Waals surface area contributed by atoms with Gasteiger partial charge in [-0.1, -0.05) is 18.2 Å². The van der Waals surface area contributed by atoms with E-state index in [0.29, 0.717) is 38.6 Å². The van der Waals surface area contributed by atoms with Gasteiger partial charge in [0, 0.05) is 23.6 Å². The molecule has 13 heteroatoms. The molecule has 220 valence electrons. The van der Waals surface area contributed by atoms with Gasteiger partial charge in [-0.2, -0.15) is 0 Å². The van der Waals surface area contributed by atoms with Gasteiger partial charge in [0.2, 0.25) is 5.91 Å². The number of hydrogen-bond acceptors (Lipinski definition) is 10. The number of benzene rings is 1. The minimum atomic E-state index is -0.526. The molecule has 4 rings (SSSR count). The number of hydrogen-bond donors (Lipinski definition) is 2. The summed E-state index contributed by atoms with van der Waals surface area (Å²) in [5.41, 5.74) is 1.88. The third-order valence-corrected chi connectivity index (χ3v) is 9.08. The first-order chi connectivity index (χ1) is 19.7. The zero-order valence-electron chi connectivity index (χ0n) is 23.9. The SMILES string of the molecule is CCOC(=O)c1c(NC(=O)[C@@H](C)Sc2nnc(CNC(=O)c3cc(OC)cc(OC)c3)n2C)sc2c1CCCCC2. The van der Waals surface area contributed by atoms with Crippen molar-refractivity contribution in [2.24, 2.45) is 7.05 Å². The summed E-state index contributed by atoms with van der Waals surface area (Å²) in [6.45, 7) is 3.95. The summed E-state index contributed by atoms with van der Waals surface area (Å²) in [5.74, 6) is 0.573. The number of carbonyl (C=O) groups excluding carboxylic acids is 3. The normalized spacial score (nSPS) is 13.5. The van der Waals surface area contributed by atoms with E-state index >= 15 is 0 Å². The summed E-state index contributed by atoms with van der Waals surface area (Å²) in [6.07, 6.45) is 4.91. The van der Waals surface area contributed by atoms with E-state index in [1.807, 2.05) is 0 Å². The van der Waals surface area contributed by atoms with Crippen LogP contribution in [0.15, 0.2) is 23.4 Å². The molecular weight excluding hydrogens is 566 g/mol. The molecule has 2 aromatic heterocycles. The number of amides is 2. The first-order valence-corrected chi connectivity index (χ1v) is 15.1. The van der Waals surface area contributed by atoms with Crippen LogP contribution in [0.4, 0.5) is 5.00 Å². The lowest BCUT2D eigenvalue weighted by molar-refractivity contribution is -0.115. The highest BCUT2D eigenvalue weighted by atomic mass is 32.2. The standard InChI is InChI=1S/C28H35N5O6S2/c1-6-39-27(36)23-20-10-8-7-9-11-21(20)41-26(23)30-24(34)16(2)40-28-32-31-22(33(28)3)15-29-25(35)17-12-18(37-4)14-19(13-17)38-5/h12-14,16H,6-11,15H2,1-5H3,(H,29,35)(H,30,34)/t16-/m1/s1. The van der Waals surface area contributed by atoms with Crippen LogP contribution in [0, 0.1) is 0 Å². The van der Waals surface area contributed by atoms with Crippen LogP contribution in [-0.2, 0) is 36.0 Å². The van der Waals surface area contributed by atoms with Crippen LogP contribution in [0.5, 0.6) is 11.5 Å². The van der Waals surface area contributed by atoms with E-state index in [1.165, 1.54) is 37.3 Å². The Kier molecular flexibility index (Phi) is 10.3. The first kappa shape index (κ1) is 30.4. The molecule has 2 amide bonds. The van der Waals surface area contributed by atoms with Gasteiger partial charge in [0.25, 0.3) is 5.91 Å². The molecule has 41 heavy (non-hydrogen) atoms.